The zero-order valence-corrected chi connectivity index (χ0v) is 18.7. The van der Waals surface area contributed by atoms with Gasteiger partial charge in [-0.1, -0.05) is 78.1 Å². The van der Waals surface area contributed by atoms with E-state index >= 15 is 0 Å². The standard InChI is InChI=1S/C12H26.2C4H9.Sn/c1-3-5-7-9-11-12-10-8-6-4-2;2*1-3-4-2;/h3-12H2,1-2H3;2*1,3-4H2,2H3;. The molecule has 0 amide bonds. The molecule has 2 radical (unpaired) electrons. The summed E-state index contributed by atoms with van der Waals surface area (Å²) in [5.41, 5.74) is 0. The molecule has 0 aromatic carbocycles. The van der Waals surface area contributed by atoms with Crippen molar-refractivity contribution in [2.75, 3.05) is 0 Å². The molecule has 0 saturated heterocycles. The third kappa shape index (κ3) is 29.4. The summed E-state index contributed by atoms with van der Waals surface area (Å²) in [6, 6.07) is 0. The van der Waals surface area contributed by atoms with Gasteiger partial charge in [-0.05, 0) is 0 Å². The summed E-state index contributed by atoms with van der Waals surface area (Å²) in [5, 5.41) is 0. The van der Waals surface area contributed by atoms with E-state index in [0.717, 1.165) is 0 Å². The zero-order valence-electron chi connectivity index (χ0n) is 15.8. The molecule has 0 aromatic heterocycles. The summed E-state index contributed by atoms with van der Waals surface area (Å²) in [6.07, 6.45) is 20.3. The van der Waals surface area contributed by atoms with Crippen molar-refractivity contribution in [1.29, 1.82) is 0 Å². The first-order chi connectivity index (χ1) is 10.3. The van der Waals surface area contributed by atoms with Crippen molar-refractivity contribution in [3.63, 3.8) is 0 Å². The molecular weight excluding hydrogens is 359 g/mol. The molecule has 0 saturated carbocycles. The van der Waals surface area contributed by atoms with E-state index in [1.54, 1.807) is 8.87 Å². The van der Waals surface area contributed by atoms with Crippen LogP contribution in [0.25, 0.3) is 0 Å². The molecule has 0 rings (SSSR count). The van der Waals surface area contributed by atoms with Gasteiger partial charge >= 0.3 is 69.5 Å². The summed E-state index contributed by atoms with van der Waals surface area (Å²) in [4.78, 5) is 0. The third-order valence-electron chi connectivity index (χ3n) is 3.87. The van der Waals surface area contributed by atoms with Gasteiger partial charge in [0.05, 0.1) is 0 Å². The summed E-state index contributed by atoms with van der Waals surface area (Å²) < 4.78 is 3.25. The van der Waals surface area contributed by atoms with E-state index < -0.39 is 0 Å². The number of unbranched alkanes of at least 4 members (excludes halogenated alkanes) is 11. The normalized spacial score (nSPS) is 10.3. The Morgan fingerprint density at radius 3 is 0.952 bits per heavy atom. The van der Waals surface area contributed by atoms with Crippen LogP contribution in [0.5, 0.6) is 0 Å². The number of rotatable bonds is 15. The minimum absolute atomic E-state index is 0.149. The summed E-state index contributed by atoms with van der Waals surface area (Å²) in [5.74, 6) is 0. The second-order valence-corrected chi connectivity index (χ2v) is 10.6. The SMILES string of the molecule is CCCCCCCCCCCC.CCC[CH2][Sn][CH2]CCC. The molecule has 0 aromatic rings. The molecule has 0 fully saturated rings. The average molecular weight is 403 g/mol. The summed E-state index contributed by atoms with van der Waals surface area (Å²) >= 11 is 0.149. The Balaban J connectivity index is 0. The van der Waals surface area contributed by atoms with Crippen molar-refractivity contribution < 1.29 is 0 Å². The Labute approximate surface area is 147 Å². The van der Waals surface area contributed by atoms with Crippen LogP contribution < -0.4 is 0 Å². The van der Waals surface area contributed by atoms with Crippen LogP contribution in [0.15, 0.2) is 0 Å². The monoisotopic (exact) mass is 404 g/mol. The summed E-state index contributed by atoms with van der Waals surface area (Å²) in [7, 11) is 0. The van der Waals surface area contributed by atoms with Crippen molar-refractivity contribution >= 4 is 21.1 Å². The molecule has 0 spiro atoms. The van der Waals surface area contributed by atoms with Gasteiger partial charge in [-0.15, -0.1) is 0 Å². The maximum atomic E-state index is 2.29. The predicted octanol–water partition coefficient (Wildman–Crippen LogP) is 8.05. The fraction of sp³-hybridized carbons (Fsp3) is 1.00. The molecule has 0 aliphatic carbocycles. The first-order valence-electron chi connectivity index (χ1n) is 10.0. The molecular formula is C20H44Sn. The molecule has 0 bridgehead atoms. The minimum atomic E-state index is 0.149. The molecule has 0 atom stereocenters. The van der Waals surface area contributed by atoms with Crippen LogP contribution in [0.4, 0.5) is 0 Å². The van der Waals surface area contributed by atoms with Gasteiger partial charge in [0, 0.05) is 0 Å². The van der Waals surface area contributed by atoms with E-state index in [2.05, 4.69) is 27.7 Å². The molecule has 0 nitrogen and oxygen atoms in total. The first-order valence-corrected chi connectivity index (χ1v) is 14.1. The Kier molecular flexibility index (Phi) is 29.5. The average Bonchev–Trinajstić information content (AvgIpc) is 2.51. The van der Waals surface area contributed by atoms with Crippen LogP contribution in [0.1, 0.15) is 118 Å². The molecule has 0 aliphatic heterocycles. The van der Waals surface area contributed by atoms with Crippen molar-refractivity contribution in [1.82, 2.24) is 0 Å². The Morgan fingerprint density at radius 1 is 0.381 bits per heavy atom. The molecule has 0 N–H and O–H groups in total. The van der Waals surface area contributed by atoms with Crippen LogP contribution >= 0.6 is 0 Å². The van der Waals surface area contributed by atoms with Crippen LogP contribution in [0.3, 0.4) is 0 Å². The van der Waals surface area contributed by atoms with Crippen molar-refractivity contribution in [2.24, 2.45) is 0 Å². The van der Waals surface area contributed by atoms with E-state index in [1.165, 1.54) is 89.9 Å². The van der Waals surface area contributed by atoms with Gasteiger partial charge in [0.1, 0.15) is 0 Å². The van der Waals surface area contributed by atoms with Crippen molar-refractivity contribution in [3.05, 3.63) is 0 Å². The van der Waals surface area contributed by atoms with Gasteiger partial charge in [0.15, 0.2) is 0 Å². The predicted molar refractivity (Wildman–Crippen MR) is 103 cm³/mol. The third-order valence-corrected chi connectivity index (χ3v) is 7.91. The van der Waals surface area contributed by atoms with Crippen LogP contribution in [0.2, 0.25) is 8.87 Å². The van der Waals surface area contributed by atoms with E-state index in [4.69, 9.17) is 0 Å². The maximum absolute atomic E-state index is 2.29. The fourth-order valence-electron chi connectivity index (χ4n) is 2.29. The van der Waals surface area contributed by atoms with Crippen LogP contribution in [-0.2, 0) is 0 Å². The van der Waals surface area contributed by atoms with Crippen molar-refractivity contribution in [2.45, 2.75) is 126 Å². The molecule has 21 heavy (non-hydrogen) atoms. The van der Waals surface area contributed by atoms with Gasteiger partial charge < -0.3 is 0 Å². The number of hydrogen-bond donors (Lipinski definition) is 0. The van der Waals surface area contributed by atoms with E-state index in [0.29, 0.717) is 0 Å². The number of hydrogen-bond acceptors (Lipinski definition) is 0. The molecule has 0 heterocycles. The Morgan fingerprint density at radius 2 is 0.667 bits per heavy atom. The molecule has 0 aliphatic rings. The van der Waals surface area contributed by atoms with Gasteiger partial charge in [0.25, 0.3) is 0 Å². The van der Waals surface area contributed by atoms with Gasteiger partial charge in [-0.3, -0.25) is 0 Å². The topological polar surface area (TPSA) is 0 Å². The second kappa shape index (κ2) is 25.7. The quantitative estimate of drug-likeness (QED) is 0.192. The fourth-order valence-corrected chi connectivity index (χ4v) is 6.45. The van der Waals surface area contributed by atoms with E-state index in [1.807, 2.05) is 0 Å². The van der Waals surface area contributed by atoms with Gasteiger partial charge in [-0.25, -0.2) is 0 Å². The van der Waals surface area contributed by atoms with Crippen LogP contribution in [-0.4, -0.2) is 21.1 Å². The summed E-state index contributed by atoms with van der Waals surface area (Å²) in [6.45, 7) is 9.14. The molecule has 128 valence electrons. The van der Waals surface area contributed by atoms with Gasteiger partial charge in [0.2, 0.25) is 0 Å². The van der Waals surface area contributed by atoms with E-state index in [-0.39, 0.29) is 21.1 Å². The second-order valence-electron chi connectivity index (χ2n) is 6.29. The molecule has 1 heteroatoms. The van der Waals surface area contributed by atoms with Crippen molar-refractivity contribution in [3.8, 4) is 0 Å². The van der Waals surface area contributed by atoms with Gasteiger partial charge in [-0.2, -0.15) is 0 Å². The first kappa shape index (κ1) is 24.1. The van der Waals surface area contributed by atoms with E-state index in [9.17, 15) is 0 Å². The Bertz CT molecular complexity index is 129. The Hall–Kier alpha value is 0.799. The van der Waals surface area contributed by atoms with Crippen LogP contribution in [0, 0.1) is 0 Å². The molecule has 0 unspecified atom stereocenters. The zero-order chi connectivity index (χ0) is 16.0.